The minimum Gasteiger partial charge on any atom is -0.341 e. The lowest BCUT2D eigenvalue weighted by molar-refractivity contribution is 0.826. The van der Waals surface area contributed by atoms with Gasteiger partial charge in [0.15, 0.2) is 0 Å². The lowest BCUT2D eigenvalue weighted by Crippen LogP contribution is -2.24. The number of nitrogens with zero attached hydrogens (tertiary/aromatic N) is 2. The Bertz CT molecular complexity index is 2270. The minimum absolute atomic E-state index is 0.828. The summed E-state index contributed by atoms with van der Waals surface area (Å²) in [5, 5.41) is 2.66. The van der Waals surface area contributed by atoms with Crippen LogP contribution in [0.25, 0.3) is 22.9 Å². The quantitative estimate of drug-likeness (QED) is 0.154. The Morgan fingerprint density at radius 2 is 1.35 bits per heavy atom. The molecule has 2 aliphatic carbocycles. The van der Waals surface area contributed by atoms with E-state index in [0.29, 0.717) is 0 Å². The van der Waals surface area contributed by atoms with Crippen molar-refractivity contribution in [1.29, 1.82) is 0 Å². The highest BCUT2D eigenvalue weighted by Crippen LogP contribution is 2.44. The molecule has 0 unspecified atom stereocenters. The number of aryl methyl sites for hydroxylation is 6. The molecule has 51 heavy (non-hydrogen) atoms. The summed E-state index contributed by atoms with van der Waals surface area (Å²) in [4.78, 5) is 4.98. The van der Waals surface area contributed by atoms with Gasteiger partial charge in [-0.2, -0.15) is 0 Å². The van der Waals surface area contributed by atoms with E-state index in [2.05, 4.69) is 174 Å². The van der Waals surface area contributed by atoms with Crippen molar-refractivity contribution < 1.29 is 0 Å². The van der Waals surface area contributed by atoms with E-state index in [1.807, 2.05) is 0 Å². The van der Waals surface area contributed by atoms with Gasteiger partial charge in [0, 0.05) is 34.7 Å². The number of hydrogen-bond donors (Lipinski definition) is 0. The van der Waals surface area contributed by atoms with Gasteiger partial charge in [-0.3, -0.25) is 0 Å². The van der Waals surface area contributed by atoms with E-state index in [-0.39, 0.29) is 0 Å². The van der Waals surface area contributed by atoms with Crippen LogP contribution in [0, 0.1) is 34.6 Å². The van der Waals surface area contributed by atoms with Crippen molar-refractivity contribution in [3.63, 3.8) is 0 Å². The predicted octanol–water partition coefficient (Wildman–Crippen LogP) is 13.5. The third kappa shape index (κ3) is 6.73. The molecule has 2 nitrogen and oxygen atoms in total. The molecule has 2 heteroatoms. The average molecular weight is 669 g/mol. The second kappa shape index (κ2) is 14.3. The van der Waals surface area contributed by atoms with Crippen LogP contribution in [-0.4, -0.2) is 6.54 Å². The standard InChI is InChI=1S/C49H52N2/c1-9-39-18-24-45(31-38(39)8)51(44-23-17-34(4)37(7)30-44)48-26-20-41-12-10-14-46-40(19-25-47(48)49(41)46)13-11-27-50(42-21-15-32(2)35(5)28-42)43-22-16-33(3)36(6)29-43/h10-13,15,17-21,23-26,28-31H,9,14,16,22,27H2,1-8H3/b13-11-. The maximum Gasteiger partial charge on any atom is 0.0540 e. The fourth-order valence-corrected chi connectivity index (χ4v) is 7.81. The largest absolute Gasteiger partial charge is 0.341 e. The summed E-state index contributed by atoms with van der Waals surface area (Å²) in [6, 6.07) is 30.1. The minimum atomic E-state index is 0.828. The van der Waals surface area contributed by atoms with Crippen LogP contribution < -0.4 is 9.80 Å². The molecule has 0 aromatic heterocycles. The van der Waals surface area contributed by atoms with Crippen LogP contribution in [0.3, 0.4) is 0 Å². The molecule has 0 aliphatic heterocycles. The van der Waals surface area contributed by atoms with Gasteiger partial charge < -0.3 is 9.80 Å². The van der Waals surface area contributed by atoms with Crippen LogP contribution in [0.4, 0.5) is 22.7 Å². The third-order valence-electron chi connectivity index (χ3n) is 11.5. The second-order valence-corrected chi connectivity index (χ2v) is 14.8. The summed E-state index contributed by atoms with van der Waals surface area (Å²) in [5.74, 6) is 0. The molecule has 0 amide bonds. The van der Waals surface area contributed by atoms with Gasteiger partial charge in [0.2, 0.25) is 0 Å². The normalized spacial score (nSPS) is 14.1. The Morgan fingerprint density at radius 3 is 2.04 bits per heavy atom. The molecular weight excluding hydrogens is 617 g/mol. The summed E-state index contributed by atoms with van der Waals surface area (Å²) in [6.07, 6.45) is 15.9. The lowest BCUT2D eigenvalue weighted by atomic mass is 9.88. The van der Waals surface area contributed by atoms with E-state index in [0.717, 1.165) is 32.2 Å². The zero-order chi connectivity index (χ0) is 35.8. The smallest absolute Gasteiger partial charge is 0.0540 e. The molecule has 2 aliphatic rings. The number of allylic oxidation sites excluding steroid dienone is 5. The first kappa shape index (κ1) is 34.4. The van der Waals surface area contributed by atoms with Crippen LogP contribution in [0.1, 0.15) is 83.7 Å². The first-order chi connectivity index (χ1) is 24.6. The average Bonchev–Trinajstić information content (AvgIpc) is 3.12. The van der Waals surface area contributed by atoms with E-state index in [1.165, 1.54) is 100 Å². The topological polar surface area (TPSA) is 6.48 Å². The summed E-state index contributed by atoms with van der Waals surface area (Å²) in [7, 11) is 0. The Kier molecular flexibility index (Phi) is 9.62. The molecule has 0 radical (unpaired) electrons. The molecule has 0 fully saturated rings. The number of rotatable bonds is 9. The summed E-state index contributed by atoms with van der Waals surface area (Å²) in [6.45, 7) is 18.7. The highest BCUT2D eigenvalue weighted by atomic mass is 15.1. The maximum atomic E-state index is 2.52. The van der Waals surface area contributed by atoms with E-state index >= 15 is 0 Å². The van der Waals surface area contributed by atoms with Gasteiger partial charge in [-0.25, -0.2) is 0 Å². The van der Waals surface area contributed by atoms with Crippen LogP contribution in [-0.2, 0) is 12.8 Å². The highest BCUT2D eigenvalue weighted by molar-refractivity contribution is 6.06. The Balaban J connectivity index is 1.31. The first-order valence-electron chi connectivity index (χ1n) is 18.7. The number of anilines is 4. The predicted molar refractivity (Wildman–Crippen MR) is 223 cm³/mol. The number of benzene rings is 5. The molecule has 0 atom stereocenters. The van der Waals surface area contributed by atoms with Crippen LogP contribution in [0.15, 0.2) is 114 Å². The van der Waals surface area contributed by atoms with Gasteiger partial charge in [-0.05, 0) is 178 Å². The molecule has 258 valence electrons. The van der Waals surface area contributed by atoms with Gasteiger partial charge in [-0.1, -0.05) is 78.8 Å². The van der Waals surface area contributed by atoms with Crippen molar-refractivity contribution in [2.75, 3.05) is 16.3 Å². The summed E-state index contributed by atoms with van der Waals surface area (Å²) >= 11 is 0. The van der Waals surface area contributed by atoms with Crippen LogP contribution in [0.5, 0.6) is 0 Å². The fraction of sp³-hybridized carbons (Fsp3) is 0.265. The van der Waals surface area contributed by atoms with Crippen molar-refractivity contribution >= 4 is 45.7 Å². The van der Waals surface area contributed by atoms with Crippen LogP contribution >= 0.6 is 0 Å². The monoisotopic (exact) mass is 668 g/mol. The van der Waals surface area contributed by atoms with Gasteiger partial charge in [0.1, 0.15) is 0 Å². The molecule has 0 heterocycles. The van der Waals surface area contributed by atoms with Crippen molar-refractivity contribution in [1.82, 2.24) is 0 Å². The fourth-order valence-electron chi connectivity index (χ4n) is 7.81. The van der Waals surface area contributed by atoms with Gasteiger partial charge in [0.25, 0.3) is 0 Å². The van der Waals surface area contributed by atoms with Gasteiger partial charge in [0.05, 0.1) is 5.69 Å². The zero-order valence-corrected chi connectivity index (χ0v) is 31.8. The Morgan fingerprint density at radius 1 is 0.667 bits per heavy atom. The van der Waals surface area contributed by atoms with E-state index in [1.54, 1.807) is 0 Å². The third-order valence-corrected chi connectivity index (χ3v) is 11.5. The molecule has 5 aromatic carbocycles. The molecule has 5 aromatic rings. The Labute approximate surface area is 306 Å². The highest BCUT2D eigenvalue weighted by Gasteiger charge is 2.21. The second-order valence-electron chi connectivity index (χ2n) is 14.8. The van der Waals surface area contributed by atoms with E-state index in [4.69, 9.17) is 0 Å². The zero-order valence-electron chi connectivity index (χ0n) is 31.8. The summed E-state index contributed by atoms with van der Waals surface area (Å²) < 4.78 is 0. The van der Waals surface area contributed by atoms with Crippen molar-refractivity contribution in [2.24, 2.45) is 0 Å². The molecule has 0 saturated heterocycles. The molecule has 0 N–H and O–H groups in total. The van der Waals surface area contributed by atoms with Gasteiger partial charge in [-0.15, -0.1) is 0 Å². The first-order valence-corrected chi connectivity index (χ1v) is 18.7. The van der Waals surface area contributed by atoms with E-state index < -0.39 is 0 Å². The summed E-state index contributed by atoms with van der Waals surface area (Å²) in [5.41, 5.74) is 21.2. The van der Waals surface area contributed by atoms with E-state index in [9.17, 15) is 0 Å². The molecule has 7 rings (SSSR count). The van der Waals surface area contributed by atoms with Crippen LogP contribution in [0.2, 0.25) is 0 Å². The van der Waals surface area contributed by atoms with Crippen molar-refractivity contribution in [3.8, 4) is 0 Å². The van der Waals surface area contributed by atoms with Crippen molar-refractivity contribution in [2.45, 2.75) is 81.1 Å². The van der Waals surface area contributed by atoms with Crippen molar-refractivity contribution in [3.05, 3.63) is 164 Å². The molecule has 0 bridgehead atoms. The van der Waals surface area contributed by atoms with Gasteiger partial charge >= 0.3 is 0 Å². The molecule has 0 spiro atoms. The molecule has 0 saturated carbocycles. The Hall–Kier alpha value is -5.08. The molecular formula is C49H52N2. The lowest BCUT2D eigenvalue weighted by Gasteiger charge is -2.30. The number of hydrogen-bond acceptors (Lipinski definition) is 2. The SMILES string of the molecule is CCc1ccc(N(c2ccc(C)c(C)c2)c2ccc3c4c(c(/C=C\CN(C5=CC(C)=C(C)CC5)c5ccc(C)c(C)c5)ccc24)CC=C3)cc1C. The maximum absolute atomic E-state index is 2.52.